The highest BCUT2D eigenvalue weighted by molar-refractivity contribution is 5.93. The van der Waals surface area contributed by atoms with Crippen LogP contribution in [0.3, 0.4) is 0 Å². The number of aryl methyl sites for hydroxylation is 2. The van der Waals surface area contributed by atoms with Gasteiger partial charge in [0.15, 0.2) is 11.5 Å². The number of benzene rings is 2. The van der Waals surface area contributed by atoms with Crippen LogP contribution in [0.1, 0.15) is 78.6 Å². The Kier molecular flexibility index (Phi) is 9.69. The molecule has 0 fully saturated rings. The van der Waals surface area contributed by atoms with Crippen LogP contribution >= 0.6 is 0 Å². The van der Waals surface area contributed by atoms with Crippen LogP contribution in [0.2, 0.25) is 0 Å². The second-order valence-electron chi connectivity index (χ2n) is 8.10. The maximum absolute atomic E-state index is 12.0. The van der Waals surface area contributed by atoms with Gasteiger partial charge in [-0.25, -0.2) is 4.79 Å². The minimum absolute atomic E-state index is 0.0199. The van der Waals surface area contributed by atoms with Gasteiger partial charge in [-0.15, -0.1) is 0 Å². The highest BCUT2D eigenvalue weighted by Gasteiger charge is 2.19. The van der Waals surface area contributed by atoms with Crippen LogP contribution in [0.15, 0.2) is 18.2 Å². The van der Waals surface area contributed by atoms with E-state index >= 15 is 0 Å². The van der Waals surface area contributed by atoms with E-state index in [0.717, 1.165) is 49.7 Å². The van der Waals surface area contributed by atoms with Gasteiger partial charge in [0.1, 0.15) is 17.1 Å². The van der Waals surface area contributed by atoms with E-state index < -0.39 is 5.97 Å². The number of unbranched alkanes of at least 4 members (excludes halogenated alkanes) is 3. The summed E-state index contributed by atoms with van der Waals surface area (Å²) in [5.41, 5.74) is 3.32. The molecule has 176 valence electrons. The fraction of sp³-hybridized carbons (Fsp3) is 0.500. The molecule has 0 saturated carbocycles. The summed E-state index contributed by atoms with van der Waals surface area (Å²) >= 11 is 0. The summed E-state index contributed by atoms with van der Waals surface area (Å²) in [7, 11) is 0. The van der Waals surface area contributed by atoms with Gasteiger partial charge in [0.2, 0.25) is 0 Å². The zero-order chi connectivity index (χ0) is 23.7. The Bertz CT molecular complexity index is 919. The predicted octanol–water partition coefficient (Wildman–Crippen LogP) is 5.73. The summed E-state index contributed by atoms with van der Waals surface area (Å²) < 4.78 is 10.9. The quantitative estimate of drug-likeness (QED) is 0.220. The smallest absolute Gasteiger partial charge is 0.341 e. The molecule has 2 rings (SSSR count). The Morgan fingerprint density at radius 2 is 1.62 bits per heavy atom. The number of hydrogen-bond donors (Lipinski definition) is 3. The van der Waals surface area contributed by atoms with E-state index in [-0.39, 0.29) is 29.4 Å². The van der Waals surface area contributed by atoms with Crippen LogP contribution in [0.5, 0.6) is 23.0 Å². The minimum atomic E-state index is -0.527. The number of ether oxygens (including phenoxy) is 2. The first-order valence-electron chi connectivity index (χ1n) is 11.5. The van der Waals surface area contributed by atoms with E-state index in [0.29, 0.717) is 29.9 Å². The molecule has 0 saturated heterocycles. The Balaban J connectivity index is 1.84. The lowest BCUT2D eigenvalue weighted by Gasteiger charge is -2.15. The Labute approximate surface area is 190 Å². The van der Waals surface area contributed by atoms with Gasteiger partial charge >= 0.3 is 5.97 Å². The molecule has 0 aromatic heterocycles. The molecular weight excluding hydrogens is 408 g/mol. The molecule has 0 aliphatic heterocycles. The second kappa shape index (κ2) is 12.2. The van der Waals surface area contributed by atoms with Crippen molar-refractivity contribution >= 4 is 5.97 Å². The monoisotopic (exact) mass is 444 g/mol. The Morgan fingerprint density at radius 1 is 0.906 bits per heavy atom. The molecule has 6 heteroatoms. The van der Waals surface area contributed by atoms with Gasteiger partial charge in [0, 0.05) is 5.56 Å². The summed E-state index contributed by atoms with van der Waals surface area (Å²) in [6.07, 6.45) is 6.18. The molecule has 0 aliphatic carbocycles. The fourth-order valence-electron chi connectivity index (χ4n) is 3.79. The van der Waals surface area contributed by atoms with Crippen molar-refractivity contribution in [2.75, 3.05) is 13.2 Å². The van der Waals surface area contributed by atoms with Gasteiger partial charge in [-0.05, 0) is 75.3 Å². The maximum Gasteiger partial charge on any atom is 0.341 e. The molecule has 2 aromatic carbocycles. The van der Waals surface area contributed by atoms with Crippen LogP contribution in [-0.2, 0) is 17.6 Å². The van der Waals surface area contributed by atoms with E-state index in [9.17, 15) is 20.1 Å². The van der Waals surface area contributed by atoms with E-state index in [4.69, 9.17) is 9.47 Å². The van der Waals surface area contributed by atoms with Crippen LogP contribution in [0.25, 0.3) is 0 Å². The summed E-state index contributed by atoms with van der Waals surface area (Å²) in [5, 5.41) is 30.3. The van der Waals surface area contributed by atoms with Crippen LogP contribution in [-0.4, -0.2) is 34.5 Å². The highest BCUT2D eigenvalue weighted by Crippen LogP contribution is 2.35. The molecule has 3 N–H and O–H groups in total. The standard InChI is InChI=1S/C26H36O6/c1-5-11-20-22(14-13-21(25(20)29)26(30)31-6-2)32-15-10-8-7-9-12-19-16-17(3)23(27)24(28)18(19)4/h13-14,16,27-29H,5-12,15H2,1-4H3. The zero-order valence-corrected chi connectivity index (χ0v) is 19.7. The first-order valence-corrected chi connectivity index (χ1v) is 11.5. The number of phenols is 3. The van der Waals surface area contributed by atoms with Crippen molar-refractivity contribution < 1.29 is 29.6 Å². The molecular formula is C26H36O6. The number of hydrogen-bond acceptors (Lipinski definition) is 6. The molecule has 0 aliphatic rings. The summed E-state index contributed by atoms with van der Waals surface area (Å²) in [5.74, 6) is -0.0179. The van der Waals surface area contributed by atoms with Crippen molar-refractivity contribution in [3.8, 4) is 23.0 Å². The van der Waals surface area contributed by atoms with Gasteiger partial charge in [0.25, 0.3) is 0 Å². The van der Waals surface area contributed by atoms with Gasteiger partial charge in [-0.2, -0.15) is 0 Å². The molecule has 0 radical (unpaired) electrons. The van der Waals surface area contributed by atoms with Crippen LogP contribution in [0, 0.1) is 13.8 Å². The van der Waals surface area contributed by atoms with Crippen molar-refractivity contribution in [1.82, 2.24) is 0 Å². The van der Waals surface area contributed by atoms with E-state index in [1.165, 1.54) is 0 Å². The van der Waals surface area contributed by atoms with Crippen molar-refractivity contribution in [1.29, 1.82) is 0 Å². The summed E-state index contributed by atoms with van der Waals surface area (Å²) in [4.78, 5) is 12.0. The predicted molar refractivity (Wildman–Crippen MR) is 125 cm³/mol. The molecule has 0 atom stereocenters. The topological polar surface area (TPSA) is 96.2 Å². The number of carbonyl (C=O) groups excluding carboxylic acids is 1. The van der Waals surface area contributed by atoms with Crippen molar-refractivity contribution in [3.05, 3.63) is 46.0 Å². The minimum Gasteiger partial charge on any atom is -0.507 e. The first-order chi connectivity index (χ1) is 15.3. The summed E-state index contributed by atoms with van der Waals surface area (Å²) in [6.45, 7) is 8.15. The van der Waals surface area contributed by atoms with Crippen LogP contribution in [0.4, 0.5) is 0 Å². The van der Waals surface area contributed by atoms with Gasteiger partial charge in [0.05, 0.1) is 13.2 Å². The first kappa shape index (κ1) is 25.4. The van der Waals surface area contributed by atoms with Gasteiger partial charge in [-0.1, -0.05) is 32.3 Å². The normalized spacial score (nSPS) is 10.9. The number of rotatable bonds is 12. The van der Waals surface area contributed by atoms with E-state index in [1.807, 2.05) is 19.9 Å². The number of esters is 1. The molecule has 0 spiro atoms. The van der Waals surface area contributed by atoms with Crippen molar-refractivity contribution in [2.45, 2.75) is 72.6 Å². The molecule has 0 heterocycles. The van der Waals surface area contributed by atoms with Crippen molar-refractivity contribution in [3.63, 3.8) is 0 Å². The average Bonchev–Trinajstić information content (AvgIpc) is 2.77. The third-order valence-electron chi connectivity index (χ3n) is 5.66. The van der Waals surface area contributed by atoms with Gasteiger partial charge < -0.3 is 24.8 Å². The number of phenolic OH excluding ortho intramolecular Hbond substituents is 3. The Morgan fingerprint density at radius 3 is 2.31 bits per heavy atom. The lowest BCUT2D eigenvalue weighted by molar-refractivity contribution is 0.0522. The highest BCUT2D eigenvalue weighted by atomic mass is 16.5. The third-order valence-corrected chi connectivity index (χ3v) is 5.66. The SMILES string of the molecule is CCCc1c(OCCCCCCc2cc(C)c(O)c(O)c2C)ccc(C(=O)OCC)c1O. The number of carbonyl (C=O) groups is 1. The lowest BCUT2D eigenvalue weighted by Crippen LogP contribution is -2.08. The van der Waals surface area contributed by atoms with Crippen molar-refractivity contribution in [2.24, 2.45) is 0 Å². The maximum atomic E-state index is 12.0. The largest absolute Gasteiger partial charge is 0.507 e. The molecule has 2 aromatic rings. The van der Waals surface area contributed by atoms with E-state index in [2.05, 4.69) is 0 Å². The van der Waals surface area contributed by atoms with Gasteiger partial charge in [-0.3, -0.25) is 0 Å². The fourth-order valence-corrected chi connectivity index (χ4v) is 3.79. The molecule has 0 unspecified atom stereocenters. The molecule has 0 amide bonds. The van der Waals surface area contributed by atoms with Crippen LogP contribution < -0.4 is 4.74 Å². The molecule has 0 bridgehead atoms. The molecule has 6 nitrogen and oxygen atoms in total. The molecule has 32 heavy (non-hydrogen) atoms. The average molecular weight is 445 g/mol. The zero-order valence-electron chi connectivity index (χ0n) is 19.7. The third kappa shape index (κ3) is 6.31. The number of aromatic hydroxyl groups is 3. The lowest BCUT2D eigenvalue weighted by atomic mass is 9.98. The second-order valence-corrected chi connectivity index (χ2v) is 8.10. The summed E-state index contributed by atoms with van der Waals surface area (Å²) in [6, 6.07) is 5.23. The Hall–Kier alpha value is -2.89. The van der Waals surface area contributed by atoms with E-state index in [1.54, 1.807) is 26.0 Å².